The predicted molar refractivity (Wildman–Crippen MR) is 95.8 cm³/mol. The second-order valence-corrected chi connectivity index (χ2v) is 5.76. The Morgan fingerprint density at radius 2 is 1.75 bits per heavy atom. The molecule has 0 unspecified atom stereocenters. The normalized spacial score (nSPS) is 10.3. The third-order valence-electron chi connectivity index (χ3n) is 3.67. The number of halogens is 1. The van der Waals surface area contributed by atoms with Crippen molar-refractivity contribution in [2.45, 2.75) is 27.2 Å². The van der Waals surface area contributed by atoms with E-state index in [0.29, 0.717) is 23.0 Å². The zero-order valence-corrected chi connectivity index (χ0v) is 14.8. The second kappa shape index (κ2) is 7.97. The Morgan fingerprint density at radius 1 is 1.08 bits per heavy atom. The highest BCUT2D eigenvalue weighted by atomic mass is 35.5. The molecule has 2 aromatic rings. The zero-order valence-electron chi connectivity index (χ0n) is 14.0. The Balaban J connectivity index is 2.51. The van der Waals surface area contributed by atoms with Crippen LogP contribution in [0.1, 0.15) is 25.0 Å². The summed E-state index contributed by atoms with van der Waals surface area (Å²) >= 11 is 6.20. The summed E-state index contributed by atoms with van der Waals surface area (Å²) in [5.74, 6) is -0.479. The number of benzene rings is 2. The summed E-state index contributed by atoms with van der Waals surface area (Å²) in [5.41, 5.74) is 2.89. The average molecular weight is 346 g/mol. The molecule has 2 aromatic carbocycles. The fourth-order valence-electron chi connectivity index (χ4n) is 2.55. The van der Waals surface area contributed by atoms with Crippen LogP contribution < -0.4 is 4.90 Å². The van der Waals surface area contributed by atoms with E-state index in [2.05, 4.69) is 0 Å². The lowest BCUT2D eigenvalue weighted by atomic mass is 10.1. The first-order valence-electron chi connectivity index (χ1n) is 7.75. The molecule has 0 aromatic heterocycles. The molecular formula is C19H20ClNO3. The van der Waals surface area contributed by atoms with Gasteiger partial charge in [0.05, 0.1) is 24.4 Å². The van der Waals surface area contributed by atoms with Gasteiger partial charge in [-0.25, -0.2) is 0 Å². The molecule has 0 spiro atoms. The van der Waals surface area contributed by atoms with Crippen LogP contribution in [-0.4, -0.2) is 18.5 Å². The third kappa shape index (κ3) is 3.95. The second-order valence-electron chi connectivity index (χ2n) is 5.35. The number of hydrogen-bond acceptors (Lipinski definition) is 3. The Bertz CT molecular complexity index is 758. The van der Waals surface area contributed by atoms with Gasteiger partial charge in [0, 0.05) is 11.9 Å². The van der Waals surface area contributed by atoms with Crippen molar-refractivity contribution in [2.24, 2.45) is 0 Å². The minimum absolute atomic E-state index is 0.105. The van der Waals surface area contributed by atoms with Crippen LogP contribution in [0.5, 0.6) is 0 Å². The fourth-order valence-corrected chi connectivity index (χ4v) is 2.72. The summed E-state index contributed by atoms with van der Waals surface area (Å²) in [6.45, 7) is 5.44. The number of rotatable bonds is 5. The quantitative estimate of drug-likeness (QED) is 0.753. The molecule has 24 heavy (non-hydrogen) atoms. The van der Waals surface area contributed by atoms with Gasteiger partial charge in [-0.1, -0.05) is 35.9 Å². The van der Waals surface area contributed by atoms with Crippen molar-refractivity contribution in [1.82, 2.24) is 0 Å². The molecular weight excluding hydrogens is 326 g/mol. The summed E-state index contributed by atoms with van der Waals surface area (Å²) in [7, 11) is 0. The molecule has 0 aliphatic rings. The van der Waals surface area contributed by atoms with E-state index < -0.39 is 0 Å². The monoisotopic (exact) mass is 345 g/mol. The van der Waals surface area contributed by atoms with Crippen molar-refractivity contribution in [3.05, 3.63) is 58.6 Å². The van der Waals surface area contributed by atoms with Gasteiger partial charge in [-0.3, -0.25) is 14.5 Å². The van der Waals surface area contributed by atoms with Gasteiger partial charge in [-0.2, -0.15) is 0 Å². The van der Waals surface area contributed by atoms with Gasteiger partial charge in [0.25, 0.3) is 0 Å². The lowest BCUT2D eigenvalue weighted by Gasteiger charge is -2.26. The summed E-state index contributed by atoms with van der Waals surface area (Å²) in [5, 5.41) is 0.585. The topological polar surface area (TPSA) is 46.6 Å². The molecule has 4 nitrogen and oxygen atoms in total. The Labute approximate surface area is 147 Å². The summed E-state index contributed by atoms with van der Waals surface area (Å²) < 4.78 is 5.03. The van der Waals surface area contributed by atoms with E-state index >= 15 is 0 Å². The maximum Gasteiger partial charge on any atom is 0.310 e. The number of para-hydroxylation sites is 1. The van der Waals surface area contributed by atoms with Crippen LogP contribution in [0.15, 0.2) is 42.5 Å². The SMILES string of the molecule is CCOC(=O)Cc1ccccc1N(C(C)=O)c1cccc(Cl)c1C. The number of amides is 1. The highest BCUT2D eigenvalue weighted by Crippen LogP contribution is 2.34. The molecule has 5 heteroatoms. The van der Waals surface area contributed by atoms with Crippen LogP contribution in [0.25, 0.3) is 0 Å². The minimum Gasteiger partial charge on any atom is -0.466 e. The summed E-state index contributed by atoms with van der Waals surface area (Å²) in [6.07, 6.45) is 0.105. The standard InChI is InChI=1S/C19H20ClNO3/c1-4-24-19(23)12-15-8-5-6-10-18(15)21(14(3)22)17-11-7-9-16(20)13(17)2/h5-11H,4,12H2,1-3H3. The Kier molecular flexibility index (Phi) is 5.99. The number of carbonyl (C=O) groups excluding carboxylic acids is 2. The van der Waals surface area contributed by atoms with E-state index in [1.54, 1.807) is 24.0 Å². The largest absolute Gasteiger partial charge is 0.466 e. The van der Waals surface area contributed by atoms with Crippen molar-refractivity contribution in [2.75, 3.05) is 11.5 Å². The number of nitrogens with zero attached hydrogens (tertiary/aromatic N) is 1. The molecule has 0 bridgehead atoms. The molecule has 0 saturated heterocycles. The number of ether oxygens (including phenoxy) is 1. The molecule has 1 amide bonds. The molecule has 0 heterocycles. The van der Waals surface area contributed by atoms with E-state index in [4.69, 9.17) is 16.3 Å². The van der Waals surface area contributed by atoms with Crippen LogP contribution in [0.2, 0.25) is 5.02 Å². The van der Waals surface area contributed by atoms with Gasteiger partial charge in [-0.05, 0) is 43.2 Å². The van der Waals surface area contributed by atoms with Crippen LogP contribution in [0.3, 0.4) is 0 Å². The first kappa shape index (κ1) is 18.0. The molecule has 0 aliphatic heterocycles. The maximum atomic E-state index is 12.3. The minimum atomic E-state index is -0.323. The number of anilines is 2. The molecule has 2 rings (SSSR count). The lowest BCUT2D eigenvalue weighted by molar-refractivity contribution is -0.142. The van der Waals surface area contributed by atoms with E-state index in [0.717, 1.165) is 11.1 Å². The van der Waals surface area contributed by atoms with Crippen molar-refractivity contribution in [1.29, 1.82) is 0 Å². The summed E-state index contributed by atoms with van der Waals surface area (Å²) in [6, 6.07) is 12.7. The van der Waals surface area contributed by atoms with Gasteiger partial charge < -0.3 is 4.74 Å². The lowest BCUT2D eigenvalue weighted by Crippen LogP contribution is -2.25. The maximum absolute atomic E-state index is 12.3. The predicted octanol–water partition coefficient (Wildman–Crippen LogP) is 4.44. The van der Waals surface area contributed by atoms with Gasteiger partial charge in [0.1, 0.15) is 0 Å². The zero-order chi connectivity index (χ0) is 17.7. The van der Waals surface area contributed by atoms with Crippen LogP contribution >= 0.6 is 11.6 Å². The Hall–Kier alpha value is -2.33. The van der Waals surface area contributed by atoms with Crippen LogP contribution in [0.4, 0.5) is 11.4 Å². The fraction of sp³-hybridized carbons (Fsp3) is 0.263. The molecule has 0 atom stereocenters. The van der Waals surface area contributed by atoms with Crippen molar-refractivity contribution < 1.29 is 14.3 Å². The van der Waals surface area contributed by atoms with Crippen molar-refractivity contribution in [3.63, 3.8) is 0 Å². The van der Waals surface area contributed by atoms with Crippen LogP contribution in [-0.2, 0) is 20.7 Å². The first-order valence-corrected chi connectivity index (χ1v) is 8.12. The molecule has 0 radical (unpaired) electrons. The summed E-state index contributed by atoms with van der Waals surface area (Å²) in [4.78, 5) is 25.8. The molecule has 0 fully saturated rings. The number of hydrogen-bond donors (Lipinski definition) is 0. The molecule has 0 saturated carbocycles. The van der Waals surface area contributed by atoms with E-state index in [1.807, 2.05) is 37.3 Å². The van der Waals surface area contributed by atoms with Crippen molar-refractivity contribution in [3.8, 4) is 0 Å². The third-order valence-corrected chi connectivity index (χ3v) is 4.08. The highest BCUT2D eigenvalue weighted by Gasteiger charge is 2.21. The van der Waals surface area contributed by atoms with E-state index in [9.17, 15) is 9.59 Å². The molecule has 126 valence electrons. The van der Waals surface area contributed by atoms with Crippen LogP contribution in [0, 0.1) is 6.92 Å². The average Bonchev–Trinajstić information content (AvgIpc) is 2.53. The smallest absolute Gasteiger partial charge is 0.310 e. The van der Waals surface area contributed by atoms with Gasteiger partial charge >= 0.3 is 5.97 Å². The number of carbonyl (C=O) groups is 2. The molecule has 0 N–H and O–H groups in total. The van der Waals surface area contributed by atoms with Gasteiger partial charge in [0.15, 0.2) is 0 Å². The van der Waals surface area contributed by atoms with Gasteiger partial charge in [-0.15, -0.1) is 0 Å². The van der Waals surface area contributed by atoms with Gasteiger partial charge in [0.2, 0.25) is 5.91 Å². The van der Waals surface area contributed by atoms with E-state index in [-0.39, 0.29) is 18.3 Å². The highest BCUT2D eigenvalue weighted by molar-refractivity contribution is 6.31. The van der Waals surface area contributed by atoms with E-state index in [1.165, 1.54) is 6.92 Å². The first-order chi connectivity index (χ1) is 11.5. The van der Waals surface area contributed by atoms with Crippen molar-refractivity contribution >= 4 is 34.9 Å². The Morgan fingerprint density at radius 3 is 2.42 bits per heavy atom. The molecule has 0 aliphatic carbocycles. The number of esters is 1.